The van der Waals surface area contributed by atoms with Gasteiger partial charge < -0.3 is 10.2 Å². The maximum atomic E-state index is 3.75. The highest BCUT2D eigenvalue weighted by Gasteiger charge is 2.25. The second kappa shape index (κ2) is 7.47. The first kappa shape index (κ1) is 16.5. The van der Waals surface area contributed by atoms with Crippen LogP contribution in [0.2, 0.25) is 0 Å². The normalized spacial score (nSPS) is 17.0. The molecule has 2 aromatic rings. The fourth-order valence-electron chi connectivity index (χ4n) is 3.18. The zero-order chi connectivity index (χ0) is 16.2. The molecule has 1 fully saturated rings. The van der Waals surface area contributed by atoms with Crippen LogP contribution in [0.3, 0.4) is 0 Å². The number of halogens is 1. The smallest absolute Gasteiger partial charge is 0.0613 e. The van der Waals surface area contributed by atoms with Crippen molar-refractivity contribution in [2.75, 3.05) is 45.2 Å². The summed E-state index contributed by atoms with van der Waals surface area (Å²) in [7, 11) is 4.16. The summed E-state index contributed by atoms with van der Waals surface area (Å²) in [4.78, 5) is 4.71. The lowest BCUT2D eigenvalue weighted by molar-refractivity contribution is 0.198. The minimum atomic E-state index is 0.295. The number of benzene rings is 2. The molecular formula is C19H24BrN3. The quantitative estimate of drug-likeness (QED) is 0.884. The van der Waals surface area contributed by atoms with E-state index >= 15 is 0 Å². The number of piperazine rings is 1. The second-order valence-electron chi connectivity index (χ2n) is 6.20. The van der Waals surface area contributed by atoms with Gasteiger partial charge >= 0.3 is 0 Å². The number of rotatable bonds is 4. The predicted octanol–water partition coefficient (Wildman–Crippen LogP) is 3.51. The Bertz CT molecular complexity index is 633. The fraction of sp³-hybridized carbons (Fsp3) is 0.368. The van der Waals surface area contributed by atoms with Gasteiger partial charge in [-0.25, -0.2) is 0 Å². The van der Waals surface area contributed by atoms with E-state index < -0.39 is 0 Å². The number of anilines is 1. The van der Waals surface area contributed by atoms with Crippen LogP contribution in [-0.2, 0) is 0 Å². The van der Waals surface area contributed by atoms with Crippen molar-refractivity contribution in [2.24, 2.45) is 0 Å². The van der Waals surface area contributed by atoms with Gasteiger partial charge in [0.2, 0.25) is 0 Å². The van der Waals surface area contributed by atoms with Gasteiger partial charge in [-0.3, -0.25) is 4.90 Å². The van der Waals surface area contributed by atoms with E-state index in [1.54, 1.807) is 0 Å². The average molecular weight is 374 g/mol. The van der Waals surface area contributed by atoms with E-state index in [0.717, 1.165) is 26.2 Å². The van der Waals surface area contributed by atoms with Crippen LogP contribution in [0.4, 0.5) is 5.69 Å². The third kappa shape index (κ3) is 3.77. The second-order valence-corrected chi connectivity index (χ2v) is 7.05. The Morgan fingerprint density at radius 3 is 2.26 bits per heavy atom. The lowest BCUT2D eigenvalue weighted by Gasteiger charge is -2.36. The van der Waals surface area contributed by atoms with Gasteiger partial charge in [0.1, 0.15) is 0 Å². The molecule has 23 heavy (non-hydrogen) atoms. The number of hydrogen-bond acceptors (Lipinski definition) is 3. The molecule has 1 aliphatic rings. The van der Waals surface area contributed by atoms with Gasteiger partial charge in [-0.2, -0.15) is 0 Å². The highest BCUT2D eigenvalue weighted by molar-refractivity contribution is 9.10. The summed E-state index contributed by atoms with van der Waals surface area (Å²) in [5, 5.41) is 3.45. The van der Waals surface area contributed by atoms with E-state index in [0.29, 0.717) is 6.04 Å². The van der Waals surface area contributed by atoms with Gasteiger partial charge in [0.15, 0.2) is 0 Å². The Morgan fingerprint density at radius 2 is 1.65 bits per heavy atom. The fourth-order valence-corrected chi connectivity index (χ4v) is 3.68. The molecule has 2 aromatic carbocycles. The zero-order valence-corrected chi connectivity index (χ0v) is 15.4. The van der Waals surface area contributed by atoms with Crippen molar-refractivity contribution >= 4 is 21.6 Å². The monoisotopic (exact) mass is 373 g/mol. The number of nitrogens with one attached hydrogen (secondary N) is 1. The Hall–Kier alpha value is -1.36. The summed E-state index contributed by atoms with van der Waals surface area (Å²) < 4.78 is 1.18. The van der Waals surface area contributed by atoms with Crippen molar-refractivity contribution in [3.05, 3.63) is 64.1 Å². The van der Waals surface area contributed by atoms with Gasteiger partial charge in [0, 0.05) is 50.4 Å². The molecule has 1 unspecified atom stereocenters. The van der Waals surface area contributed by atoms with Crippen molar-refractivity contribution in [1.29, 1.82) is 0 Å². The van der Waals surface area contributed by atoms with Crippen LogP contribution in [0, 0.1) is 0 Å². The van der Waals surface area contributed by atoms with Crippen LogP contribution in [-0.4, -0.2) is 45.2 Å². The molecule has 0 aromatic heterocycles. The molecule has 1 N–H and O–H groups in total. The van der Waals surface area contributed by atoms with Crippen LogP contribution in [0.15, 0.2) is 53.0 Å². The summed E-state index contributed by atoms with van der Waals surface area (Å²) in [5.41, 5.74) is 3.93. The van der Waals surface area contributed by atoms with Crippen molar-refractivity contribution in [3.8, 4) is 0 Å². The van der Waals surface area contributed by atoms with Crippen LogP contribution in [0.5, 0.6) is 0 Å². The highest BCUT2D eigenvalue weighted by atomic mass is 79.9. The van der Waals surface area contributed by atoms with Gasteiger partial charge in [-0.15, -0.1) is 0 Å². The molecule has 122 valence electrons. The first-order valence-corrected chi connectivity index (χ1v) is 8.92. The van der Waals surface area contributed by atoms with Gasteiger partial charge in [-0.05, 0) is 29.3 Å². The third-order valence-corrected chi connectivity index (χ3v) is 5.16. The van der Waals surface area contributed by atoms with E-state index in [9.17, 15) is 0 Å². The van der Waals surface area contributed by atoms with Crippen LogP contribution in [0.25, 0.3) is 0 Å². The molecule has 0 aliphatic carbocycles. The first-order valence-electron chi connectivity index (χ1n) is 8.13. The topological polar surface area (TPSA) is 18.5 Å². The Morgan fingerprint density at radius 1 is 1.00 bits per heavy atom. The Balaban J connectivity index is 1.99. The maximum Gasteiger partial charge on any atom is 0.0613 e. The molecule has 3 rings (SSSR count). The van der Waals surface area contributed by atoms with E-state index in [1.165, 1.54) is 21.3 Å². The molecule has 1 aliphatic heterocycles. The van der Waals surface area contributed by atoms with Crippen LogP contribution in [0.1, 0.15) is 17.2 Å². The minimum absolute atomic E-state index is 0.295. The summed E-state index contributed by atoms with van der Waals surface area (Å²) in [5.74, 6) is 0. The average Bonchev–Trinajstić information content (AvgIpc) is 2.58. The largest absolute Gasteiger partial charge is 0.378 e. The lowest BCUT2D eigenvalue weighted by Crippen LogP contribution is -2.45. The standard InChI is InChI=1S/C19H24BrN3/c1-22(2)16-9-7-15(8-10-16)19(23-13-11-21-12-14-23)17-5-3-4-6-18(17)20/h3-10,19,21H,11-14H2,1-2H3. The van der Waals surface area contributed by atoms with E-state index in [4.69, 9.17) is 0 Å². The van der Waals surface area contributed by atoms with Crippen molar-refractivity contribution in [2.45, 2.75) is 6.04 Å². The van der Waals surface area contributed by atoms with Crippen LogP contribution >= 0.6 is 15.9 Å². The molecule has 0 amide bonds. The Labute approximate surface area is 147 Å². The molecule has 1 atom stereocenters. The summed E-state index contributed by atoms with van der Waals surface area (Å²) in [6.07, 6.45) is 0. The maximum absolute atomic E-state index is 3.75. The molecular weight excluding hydrogens is 350 g/mol. The Kier molecular flexibility index (Phi) is 5.36. The van der Waals surface area contributed by atoms with Crippen LogP contribution < -0.4 is 10.2 Å². The SMILES string of the molecule is CN(C)c1ccc(C(c2ccccc2Br)N2CCNCC2)cc1. The first-order chi connectivity index (χ1) is 11.2. The highest BCUT2D eigenvalue weighted by Crippen LogP contribution is 2.34. The summed E-state index contributed by atoms with van der Waals surface area (Å²) in [6.45, 7) is 4.25. The molecule has 0 saturated carbocycles. The summed E-state index contributed by atoms with van der Waals surface area (Å²) >= 11 is 3.75. The van der Waals surface area contributed by atoms with Crippen molar-refractivity contribution in [3.63, 3.8) is 0 Å². The molecule has 1 heterocycles. The van der Waals surface area contributed by atoms with Crippen molar-refractivity contribution in [1.82, 2.24) is 10.2 Å². The molecule has 1 saturated heterocycles. The molecule has 3 nitrogen and oxygen atoms in total. The van der Waals surface area contributed by atoms with E-state index in [2.05, 4.69) is 93.7 Å². The predicted molar refractivity (Wildman–Crippen MR) is 101 cm³/mol. The molecule has 0 spiro atoms. The van der Waals surface area contributed by atoms with Gasteiger partial charge in [-0.1, -0.05) is 46.3 Å². The molecule has 0 bridgehead atoms. The summed E-state index contributed by atoms with van der Waals surface area (Å²) in [6, 6.07) is 17.8. The van der Waals surface area contributed by atoms with E-state index in [1.807, 2.05) is 0 Å². The van der Waals surface area contributed by atoms with E-state index in [-0.39, 0.29) is 0 Å². The minimum Gasteiger partial charge on any atom is -0.378 e. The third-order valence-electron chi connectivity index (χ3n) is 4.44. The number of hydrogen-bond donors (Lipinski definition) is 1. The lowest BCUT2D eigenvalue weighted by atomic mass is 9.96. The number of nitrogens with zero attached hydrogens (tertiary/aromatic N) is 2. The zero-order valence-electron chi connectivity index (χ0n) is 13.8. The van der Waals surface area contributed by atoms with Gasteiger partial charge in [0.05, 0.1) is 6.04 Å². The molecule has 0 radical (unpaired) electrons. The van der Waals surface area contributed by atoms with Crippen molar-refractivity contribution < 1.29 is 0 Å². The van der Waals surface area contributed by atoms with Gasteiger partial charge in [0.25, 0.3) is 0 Å². The molecule has 4 heteroatoms.